The van der Waals surface area contributed by atoms with Crippen molar-refractivity contribution >= 4 is 11.8 Å². The van der Waals surface area contributed by atoms with Gasteiger partial charge < -0.3 is 19.3 Å². The molecular formula is C13H14O6. The zero-order valence-electron chi connectivity index (χ0n) is 10.9. The number of Topliss-reactive ketones (excluding diaryl/α,β-unsaturated/α-hetero) is 1. The second-order valence-corrected chi connectivity index (χ2v) is 4.22. The van der Waals surface area contributed by atoms with Crippen LogP contribution >= 0.6 is 0 Å². The van der Waals surface area contributed by atoms with Crippen molar-refractivity contribution in [2.75, 3.05) is 21.3 Å². The summed E-state index contributed by atoms with van der Waals surface area (Å²) in [6.45, 7) is 0. The zero-order valence-corrected chi connectivity index (χ0v) is 10.9. The number of ketones is 1. The number of rotatable bonds is 3. The summed E-state index contributed by atoms with van der Waals surface area (Å²) < 4.78 is 14.7. The van der Waals surface area contributed by atoms with Crippen LogP contribution in [-0.4, -0.2) is 43.8 Å². The Kier molecular flexibility index (Phi) is 3.20. The van der Waals surface area contributed by atoms with E-state index in [4.69, 9.17) is 9.47 Å². The largest absolute Gasteiger partial charge is 0.493 e. The number of hydrogen-bond donors (Lipinski definition) is 1. The second-order valence-electron chi connectivity index (χ2n) is 4.22. The first-order chi connectivity index (χ1) is 8.97. The fraction of sp³-hybridized carbons (Fsp3) is 0.385. The van der Waals surface area contributed by atoms with Gasteiger partial charge in [-0.25, -0.2) is 4.79 Å². The number of hydrogen-bond acceptors (Lipinski definition) is 6. The molecule has 6 heteroatoms. The predicted octanol–water partition coefficient (Wildman–Crippen LogP) is 0.347. The van der Waals surface area contributed by atoms with E-state index in [9.17, 15) is 14.7 Å². The summed E-state index contributed by atoms with van der Waals surface area (Å²) in [6, 6.07) is 3.03. The number of esters is 1. The van der Waals surface area contributed by atoms with Gasteiger partial charge in [-0.15, -0.1) is 0 Å². The topological polar surface area (TPSA) is 82.1 Å². The van der Waals surface area contributed by atoms with Gasteiger partial charge in [0.15, 0.2) is 11.5 Å². The maximum absolute atomic E-state index is 12.1. The molecule has 102 valence electrons. The fourth-order valence-corrected chi connectivity index (χ4v) is 2.19. The van der Waals surface area contributed by atoms with Gasteiger partial charge in [0.25, 0.3) is 0 Å². The number of ether oxygens (including phenoxy) is 3. The van der Waals surface area contributed by atoms with E-state index in [1.807, 2.05) is 0 Å². The lowest BCUT2D eigenvalue weighted by molar-refractivity contribution is -0.156. The Labute approximate surface area is 109 Å². The van der Waals surface area contributed by atoms with Crippen molar-refractivity contribution in [1.29, 1.82) is 0 Å². The molecule has 1 aliphatic carbocycles. The summed E-state index contributed by atoms with van der Waals surface area (Å²) >= 11 is 0. The molecule has 0 aromatic heterocycles. The molecular weight excluding hydrogens is 252 g/mol. The van der Waals surface area contributed by atoms with Gasteiger partial charge in [-0.05, 0) is 17.7 Å². The molecule has 0 aliphatic heterocycles. The third-order valence-electron chi connectivity index (χ3n) is 3.20. The Hall–Kier alpha value is -2.08. The Balaban J connectivity index is 2.52. The Morgan fingerprint density at radius 1 is 1.21 bits per heavy atom. The molecule has 1 atom stereocenters. The monoisotopic (exact) mass is 266 g/mol. The van der Waals surface area contributed by atoms with Crippen molar-refractivity contribution < 1.29 is 28.9 Å². The minimum Gasteiger partial charge on any atom is -0.493 e. The molecule has 0 heterocycles. The second kappa shape index (κ2) is 4.55. The average molecular weight is 266 g/mol. The quantitative estimate of drug-likeness (QED) is 0.628. The highest BCUT2D eigenvalue weighted by Crippen LogP contribution is 2.38. The van der Waals surface area contributed by atoms with E-state index < -0.39 is 17.4 Å². The molecule has 0 fully saturated rings. The van der Waals surface area contributed by atoms with Crippen molar-refractivity contribution in [2.24, 2.45) is 0 Å². The fourth-order valence-electron chi connectivity index (χ4n) is 2.19. The van der Waals surface area contributed by atoms with Crippen molar-refractivity contribution in [3.8, 4) is 11.5 Å². The number of carbonyl (C=O) groups is 2. The summed E-state index contributed by atoms with van der Waals surface area (Å²) in [5.41, 5.74) is -1.39. The van der Waals surface area contributed by atoms with E-state index >= 15 is 0 Å². The van der Waals surface area contributed by atoms with Gasteiger partial charge in [0, 0.05) is 12.0 Å². The van der Waals surface area contributed by atoms with Crippen molar-refractivity contribution in [2.45, 2.75) is 12.0 Å². The van der Waals surface area contributed by atoms with E-state index in [0.29, 0.717) is 17.1 Å². The maximum atomic E-state index is 12.1. The Bertz CT molecular complexity index is 550. The van der Waals surface area contributed by atoms with Crippen LogP contribution in [0.1, 0.15) is 15.9 Å². The molecule has 0 radical (unpaired) electrons. The molecule has 0 saturated heterocycles. The molecule has 1 aliphatic rings. The van der Waals surface area contributed by atoms with Crippen LogP contribution in [0.4, 0.5) is 0 Å². The van der Waals surface area contributed by atoms with Crippen LogP contribution in [0.25, 0.3) is 0 Å². The smallest absolute Gasteiger partial charge is 0.346 e. The highest BCUT2D eigenvalue weighted by Gasteiger charge is 2.51. The molecule has 0 amide bonds. The van der Waals surface area contributed by atoms with Crippen molar-refractivity contribution in [3.05, 3.63) is 23.3 Å². The Morgan fingerprint density at radius 3 is 2.32 bits per heavy atom. The van der Waals surface area contributed by atoms with Gasteiger partial charge in [0.2, 0.25) is 11.4 Å². The molecule has 6 nitrogen and oxygen atoms in total. The van der Waals surface area contributed by atoms with E-state index in [2.05, 4.69) is 4.74 Å². The van der Waals surface area contributed by atoms with Crippen LogP contribution in [-0.2, 0) is 16.0 Å². The van der Waals surface area contributed by atoms with E-state index in [0.717, 1.165) is 7.11 Å². The van der Waals surface area contributed by atoms with Crippen molar-refractivity contribution in [3.63, 3.8) is 0 Å². The molecule has 1 aromatic carbocycles. The van der Waals surface area contributed by atoms with Crippen LogP contribution in [0, 0.1) is 0 Å². The van der Waals surface area contributed by atoms with Gasteiger partial charge in [0.1, 0.15) is 0 Å². The molecule has 0 unspecified atom stereocenters. The third kappa shape index (κ3) is 1.84. The van der Waals surface area contributed by atoms with Crippen LogP contribution in [0.2, 0.25) is 0 Å². The molecule has 0 saturated carbocycles. The average Bonchev–Trinajstić information content (AvgIpc) is 2.68. The van der Waals surface area contributed by atoms with Gasteiger partial charge in [-0.3, -0.25) is 4.79 Å². The van der Waals surface area contributed by atoms with Gasteiger partial charge >= 0.3 is 5.97 Å². The van der Waals surface area contributed by atoms with Gasteiger partial charge in [0.05, 0.1) is 21.3 Å². The molecule has 0 spiro atoms. The first-order valence-corrected chi connectivity index (χ1v) is 5.58. The zero-order chi connectivity index (χ0) is 14.2. The SMILES string of the molecule is COC(=O)[C@]1(O)Cc2cc(OC)c(OC)cc2C1=O. The van der Waals surface area contributed by atoms with Crippen LogP contribution in [0.5, 0.6) is 11.5 Å². The first kappa shape index (κ1) is 13.4. The molecule has 19 heavy (non-hydrogen) atoms. The van der Waals surface area contributed by atoms with Crippen LogP contribution in [0.3, 0.4) is 0 Å². The van der Waals surface area contributed by atoms with Gasteiger partial charge in [-0.1, -0.05) is 0 Å². The number of carbonyl (C=O) groups excluding carboxylic acids is 2. The maximum Gasteiger partial charge on any atom is 0.346 e. The highest BCUT2D eigenvalue weighted by atomic mass is 16.5. The molecule has 1 aromatic rings. The third-order valence-corrected chi connectivity index (χ3v) is 3.20. The lowest BCUT2D eigenvalue weighted by Gasteiger charge is -2.16. The van der Waals surface area contributed by atoms with Gasteiger partial charge in [-0.2, -0.15) is 0 Å². The lowest BCUT2D eigenvalue weighted by atomic mass is 10.00. The lowest BCUT2D eigenvalue weighted by Crippen LogP contribution is -2.45. The van der Waals surface area contributed by atoms with Crippen LogP contribution < -0.4 is 9.47 Å². The Morgan fingerprint density at radius 2 is 1.79 bits per heavy atom. The van der Waals surface area contributed by atoms with Crippen LogP contribution in [0.15, 0.2) is 12.1 Å². The molecule has 1 N–H and O–H groups in total. The number of benzene rings is 1. The first-order valence-electron chi connectivity index (χ1n) is 5.58. The highest BCUT2D eigenvalue weighted by molar-refractivity contribution is 6.18. The minimum absolute atomic E-state index is 0.131. The normalized spacial score (nSPS) is 20.9. The van der Waals surface area contributed by atoms with E-state index in [1.54, 1.807) is 6.07 Å². The van der Waals surface area contributed by atoms with E-state index in [-0.39, 0.29) is 12.0 Å². The summed E-state index contributed by atoms with van der Waals surface area (Å²) in [4.78, 5) is 23.7. The minimum atomic E-state index is -2.16. The van der Waals surface area contributed by atoms with Crippen molar-refractivity contribution in [1.82, 2.24) is 0 Å². The summed E-state index contributed by atoms with van der Waals surface area (Å²) in [5, 5.41) is 10.2. The number of fused-ring (bicyclic) bond motifs is 1. The number of methoxy groups -OCH3 is 3. The summed E-state index contributed by atoms with van der Waals surface area (Å²) in [7, 11) is 4.03. The molecule has 2 rings (SSSR count). The molecule has 0 bridgehead atoms. The number of aliphatic hydroxyl groups is 1. The summed E-state index contributed by atoms with van der Waals surface area (Å²) in [6.07, 6.45) is -0.131. The summed E-state index contributed by atoms with van der Waals surface area (Å²) in [5.74, 6) is -0.853. The standard InChI is InChI=1S/C13H14O6/c1-17-9-4-7-6-13(16,12(15)19-3)11(14)8(7)5-10(9)18-2/h4-5,16H,6H2,1-3H3/t13-/m0/s1. The van der Waals surface area contributed by atoms with E-state index in [1.165, 1.54) is 20.3 Å². The predicted molar refractivity (Wildman–Crippen MR) is 64.5 cm³/mol.